The lowest BCUT2D eigenvalue weighted by molar-refractivity contribution is -0.121. The third-order valence-corrected chi connectivity index (χ3v) is 7.02. The summed E-state index contributed by atoms with van der Waals surface area (Å²) < 4.78 is 6.89. The van der Waals surface area contributed by atoms with Gasteiger partial charge in [0.15, 0.2) is 5.78 Å². The molecule has 1 heterocycles. The number of carbonyl (C=O) groups is 2. The Morgan fingerprint density at radius 1 is 0.853 bits per heavy atom. The molecule has 172 valence electrons. The molecule has 2 aliphatic rings. The highest BCUT2D eigenvalue weighted by Crippen LogP contribution is 2.48. The standard InChI is InChI=1S/C29H26BrNO3/c1-29(2)17-25-28(26(32)18-29)24(19-8-10-20(30)11-9-19)16-27(33)31(25)21-12-14-23(15-13-21)34-22-6-4-3-5-7-22/h3-15,24H,16-18H2,1-2H3. The normalized spacial score (nSPS) is 19.7. The molecule has 1 aliphatic carbocycles. The Hall–Kier alpha value is -3.18. The summed E-state index contributed by atoms with van der Waals surface area (Å²) in [6.07, 6.45) is 1.44. The number of halogens is 1. The van der Waals surface area contributed by atoms with E-state index in [4.69, 9.17) is 4.74 Å². The number of hydrogen-bond donors (Lipinski definition) is 0. The van der Waals surface area contributed by atoms with Gasteiger partial charge in [0.2, 0.25) is 5.91 Å². The fourth-order valence-corrected chi connectivity index (χ4v) is 5.25. The van der Waals surface area contributed by atoms with Crippen molar-refractivity contribution in [2.24, 2.45) is 5.41 Å². The van der Waals surface area contributed by atoms with Gasteiger partial charge in [-0.3, -0.25) is 14.5 Å². The number of anilines is 1. The van der Waals surface area contributed by atoms with E-state index >= 15 is 0 Å². The molecule has 1 amide bonds. The van der Waals surface area contributed by atoms with Crippen LogP contribution in [0.1, 0.15) is 44.6 Å². The van der Waals surface area contributed by atoms with Gasteiger partial charge in [-0.15, -0.1) is 0 Å². The topological polar surface area (TPSA) is 46.6 Å². The Balaban J connectivity index is 1.53. The van der Waals surface area contributed by atoms with Crippen LogP contribution in [0, 0.1) is 5.41 Å². The lowest BCUT2D eigenvalue weighted by Crippen LogP contribution is -2.43. The molecule has 0 fully saturated rings. The maximum Gasteiger partial charge on any atom is 0.232 e. The maximum atomic E-state index is 13.5. The third-order valence-electron chi connectivity index (χ3n) is 6.49. The molecule has 0 saturated carbocycles. The second kappa shape index (κ2) is 8.88. The third kappa shape index (κ3) is 4.45. The van der Waals surface area contributed by atoms with Gasteiger partial charge in [0.1, 0.15) is 11.5 Å². The van der Waals surface area contributed by atoms with Crippen molar-refractivity contribution >= 4 is 33.3 Å². The Labute approximate surface area is 208 Å². The first kappa shape index (κ1) is 22.6. The van der Waals surface area contributed by atoms with Gasteiger partial charge in [-0.05, 0) is 65.9 Å². The van der Waals surface area contributed by atoms with Crippen LogP contribution in [-0.2, 0) is 9.59 Å². The number of nitrogens with zero attached hydrogens (tertiary/aromatic N) is 1. The van der Waals surface area contributed by atoms with E-state index in [1.54, 1.807) is 4.90 Å². The van der Waals surface area contributed by atoms with E-state index in [-0.39, 0.29) is 29.4 Å². The van der Waals surface area contributed by atoms with Crippen molar-refractivity contribution in [3.63, 3.8) is 0 Å². The fraction of sp³-hybridized carbons (Fsp3) is 0.241. The average Bonchev–Trinajstić information content (AvgIpc) is 2.80. The highest BCUT2D eigenvalue weighted by atomic mass is 79.9. The summed E-state index contributed by atoms with van der Waals surface area (Å²) in [5, 5.41) is 0. The van der Waals surface area contributed by atoms with Crippen molar-refractivity contribution in [2.75, 3.05) is 4.90 Å². The lowest BCUT2D eigenvalue weighted by atomic mass is 9.69. The molecular weight excluding hydrogens is 490 g/mol. The summed E-state index contributed by atoms with van der Waals surface area (Å²) in [4.78, 5) is 28.7. The van der Waals surface area contributed by atoms with Crippen LogP contribution in [0.25, 0.3) is 0 Å². The molecule has 3 aromatic carbocycles. The van der Waals surface area contributed by atoms with E-state index in [9.17, 15) is 9.59 Å². The quantitative estimate of drug-likeness (QED) is 0.363. The van der Waals surface area contributed by atoms with Crippen LogP contribution in [0.2, 0.25) is 0 Å². The number of amides is 1. The largest absolute Gasteiger partial charge is 0.457 e. The van der Waals surface area contributed by atoms with Crippen LogP contribution >= 0.6 is 15.9 Å². The minimum atomic E-state index is -0.212. The van der Waals surface area contributed by atoms with E-state index in [1.165, 1.54) is 0 Å². The summed E-state index contributed by atoms with van der Waals surface area (Å²) in [6.45, 7) is 4.19. The molecule has 1 unspecified atom stereocenters. The molecule has 0 saturated heterocycles. The zero-order chi connectivity index (χ0) is 23.9. The number of allylic oxidation sites excluding steroid dienone is 2. The van der Waals surface area contributed by atoms with Crippen molar-refractivity contribution in [1.82, 2.24) is 0 Å². The molecule has 0 N–H and O–H groups in total. The molecule has 4 nitrogen and oxygen atoms in total. The predicted molar refractivity (Wildman–Crippen MR) is 137 cm³/mol. The Morgan fingerprint density at radius 3 is 2.18 bits per heavy atom. The van der Waals surface area contributed by atoms with Crippen LogP contribution in [0.4, 0.5) is 5.69 Å². The summed E-state index contributed by atoms with van der Waals surface area (Å²) >= 11 is 3.48. The van der Waals surface area contributed by atoms with Crippen molar-refractivity contribution in [2.45, 2.75) is 39.0 Å². The van der Waals surface area contributed by atoms with Crippen molar-refractivity contribution in [1.29, 1.82) is 0 Å². The number of rotatable bonds is 4. The number of carbonyl (C=O) groups excluding carboxylic acids is 2. The van der Waals surface area contributed by atoms with Gasteiger partial charge in [0.25, 0.3) is 0 Å². The summed E-state index contributed by atoms with van der Waals surface area (Å²) in [7, 11) is 0. The molecule has 1 aliphatic heterocycles. The molecular formula is C29H26BrNO3. The molecule has 5 heteroatoms. The molecule has 0 radical (unpaired) electrons. The van der Waals surface area contributed by atoms with Crippen LogP contribution < -0.4 is 9.64 Å². The van der Waals surface area contributed by atoms with Crippen LogP contribution in [-0.4, -0.2) is 11.7 Å². The smallest absolute Gasteiger partial charge is 0.232 e. The van der Waals surface area contributed by atoms with E-state index in [0.717, 1.165) is 32.7 Å². The molecule has 0 spiro atoms. The molecule has 34 heavy (non-hydrogen) atoms. The first-order valence-electron chi connectivity index (χ1n) is 11.5. The van der Waals surface area contributed by atoms with Crippen molar-refractivity contribution < 1.29 is 14.3 Å². The summed E-state index contributed by atoms with van der Waals surface area (Å²) in [5.74, 6) is 1.39. The van der Waals surface area contributed by atoms with Gasteiger partial charge in [0, 0.05) is 40.2 Å². The number of ketones is 1. The van der Waals surface area contributed by atoms with Crippen LogP contribution in [0.3, 0.4) is 0 Å². The monoisotopic (exact) mass is 515 g/mol. The van der Waals surface area contributed by atoms with Crippen LogP contribution in [0.5, 0.6) is 11.5 Å². The zero-order valence-electron chi connectivity index (χ0n) is 19.3. The second-order valence-electron chi connectivity index (χ2n) is 9.75. The van der Waals surface area contributed by atoms with Gasteiger partial charge < -0.3 is 4.74 Å². The molecule has 0 bridgehead atoms. The van der Waals surface area contributed by atoms with E-state index in [2.05, 4.69) is 29.8 Å². The highest BCUT2D eigenvalue weighted by Gasteiger charge is 2.44. The van der Waals surface area contributed by atoms with Crippen molar-refractivity contribution in [3.8, 4) is 11.5 Å². The molecule has 0 aromatic heterocycles. The zero-order valence-corrected chi connectivity index (χ0v) is 20.8. The van der Waals surface area contributed by atoms with Crippen molar-refractivity contribution in [3.05, 3.63) is 100 Å². The minimum Gasteiger partial charge on any atom is -0.457 e. The first-order valence-corrected chi connectivity index (χ1v) is 12.3. The van der Waals surface area contributed by atoms with Gasteiger partial charge in [-0.25, -0.2) is 0 Å². The SMILES string of the molecule is CC1(C)CC(=O)C2=C(C1)N(c1ccc(Oc3ccccc3)cc1)C(=O)CC2c1ccc(Br)cc1. The average molecular weight is 516 g/mol. The number of benzene rings is 3. The summed E-state index contributed by atoms with van der Waals surface area (Å²) in [6, 6.07) is 25.1. The Kier molecular flexibility index (Phi) is 5.90. The predicted octanol–water partition coefficient (Wildman–Crippen LogP) is 7.41. The molecule has 3 aromatic rings. The van der Waals surface area contributed by atoms with Crippen LogP contribution in [0.15, 0.2) is 94.6 Å². The number of para-hydroxylation sites is 1. The highest BCUT2D eigenvalue weighted by molar-refractivity contribution is 9.10. The molecule has 1 atom stereocenters. The van der Waals surface area contributed by atoms with Gasteiger partial charge in [0.05, 0.1) is 0 Å². The lowest BCUT2D eigenvalue weighted by Gasteiger charge is -2.43. The maximum absolute atomic E-state index is 13.5. The molecule has 5 rings (SSSR count). The van der Waals surface area contributed by atoms with E-state index in [1.807, 2.05) is 78.9 Å². The van der Waals surface area contributed by atoms with Gasteiger partial charge in [-0.2, -0.15) is 0 Å². The van der Waals surface area contributed by atoms with Gasteiger partial charge in [-0.1, -0.05) is 60.1 Å². The number of hydrogen-bond acceptors (Lipinski definition) is 3. The Bertz CT molecular complexity index is 1260. The number of Topliss-reactive ketones (excluding diaryl/α,β-unsaturated/α-hetero) is 1. The van der Waals surface area contributed by atoms with Gasteiger partial charge >= 0.3 is 0 Å². The first-order chi connectivity index (χ1) is 16.3. The van der Waals surface area contributed by atoms with E-state index in [0.29, 0.717) is 18.6 Å². The minimum absolute atomic E-state index is 0.00824. The second-order valence-corrected chi connectivity index (χ2v) is 10.7. The summed E-state index contributed by atoms with van der Waals surface area (Å²) in [5.41, 5.74) is 3.18. The fourth-order valence-electron chi connectivity index (χ4n) is 4.98. The Morgan fingerprint density at radius 2 is 1.50 bits per heavy atom. The number of ether oxygens (including phenoxy) is 1. The van der Waals surface area contributed by atoms with E-state index < -0.39 is 0 Å².